The molecule has 44 heavy (non-hydrogen) atoms. The van der Waals surface area contributed by atoms with Gasteiger partial charge in [-0.3, -0.25) is 24.0 Å². The lowest BCUT2D eigenvalue weighted by molar-refractivity contribution is -0.146. The number of benzene rings is 3. The van der Waals surface area contributed by atoms with Crippen LogP contribution in [0.1, 0.15) is 50.8 Å². The molecule has 1 aliphatic rings. The predicted molar refractivity (Wildman–Crippen MR) is 160 cm³/mol. The fraction of sp³-hybridized carbons (Fsp3) is 0.273. The van der Waals surface area contributed by atoms with Gasteiger partial charge < -0.3 is 26.2 Å². The van der Waals surface area contributed by atoms with Gasteiger partial charge in [-0.1, -0.05) is 73.7 Å². The Labute approximate surface area is 253 Å². The van der Waals surface area contributed by atoms with Crippen LogP contribution >= 0.6 is 0 Å². The van der Waals surface area contributed by atoms with Crippen LogP contribution in [0.25, 0.3) is 11.1 Å². The summed E-state index contributed by atoms with van der Waals surface area (Å²) >= 11 is 0. The number of rotatable bonds is 14. The third-order valence-electron chi connectivity index (χ3n) is 7.48. The number of aliphatic carboxylic acids is 1. The minimum atomic E-state index is -1.56. The van der Waals surface area contributed by atoms with Crippen LogP contribution in [-0.2, 0) is 30.5 Å². The fourth-order valence-corrected chi connectivity index (χ4v) is 5.10. The van der Waals surface area contributed by atoms with Crippen molar-refractivity contribution in [2.24, 2.45) is 11.7 Å². The number of carbonyl (C=O) groups excluding carboxylic acids is 5. The topological polar surface area (TPSA) is 182 Å². The molecule has 2 unspecified atom stereocenters. The van der Waals surface area contributed by atoms with Gasteiger partial charge in [0.1, 0.15) is 18.0 Å². The van der Waals surface area contributed by atoms with Gasteiger partial charge in [0.25, 0.3) is 5.91 Å². The third kappa shape index (κ3) is 6.64. The highest BCUT2D eigenvalue weighted by atomic mass is 16.5. The summed E-state index contributed by atoms with van der Waals surface area (Å²) in [5.74, 6) is -7.24. The number of amides is 2. The van der Waals surface area contributed by atoms with Crippen LogP contribution in [0.3, 0.4) is 0 Å². The predicted octanol–water partition coefficient (Wildman–Crippen LogP) is 2.21. The van der Waals surface area contributed by atoms with Crippen molar-refractivity contribution in [3.8, 4) is 11.1 Å². The molecule has 2 amide bonds. The van der Waals surface area contributed by atoms with E-state index in [4.69, 9.17) is 10.5 Å². The SMILES string of the molecule is CCC(NC(=O)C(=O)C(COCc1ccccc1)NC(=O)[C@H](CN)C(=O)c1ccc(C)c2c1C(=O)c1ccccc1-2)C(=O)O. The molecule has 5 N–H and O–H groups in total. The van der Waals surface area contributed by atoms with Gasteiger partial charge in [-0.25, -0.2) is 4.79 Å². The van der Waals surface area contributed by atoms with Crippen LogP contribution in [0.5, 0.6) is 0 Å². The van der Waals surface area contributed by atoms with Crippen molar-refractivity contribution in [2.45, 2.75) is 39.0 Å². The fourth-order valence-electron chi connectivity index (χ4n) is 5.10. The number of carboxylic acids is 1. The highest BCUT2D eigenvalue weighted by Gasteiger charge is 2.37. The van der Waals surface area contributed by atoms with Gasteiger partial charge in [0.2, 0.25) is 11.7 Å². The van der Waals surface area contributed by atoms with E-state index in [0.29, 0.717) is 16.7 Å². The summed E-state index contributed by atoms with van der Waals surface area (Å²) in [6.07, 6.45) is 0.0170. The summed E-state index contributed by atoms with van der Waals surface area (Å²) in [5, 5.41) is 13.8. The van der Waals surface area contributed by atoms with Crippen LogP contribution in [-0.4, -0.2) is 65.5 Å². The number of nitrogens with one attached hydrogen (secondary N) is 2. The molecule has 0 spiro atoms. The Hall–Kier alpha value is -5.00. The summed E-state index contributed by atoms with van der Waals surface area (Å²) in [5.41, 5.74) is 9.36. The molecule has 228 valence electrons. The van der Waals surface area contributed by atoms with E-state index in [9.17, 15) is 33.9 Å². The van der Waals surface area contributed by atoms with E-state index in [1.54, 1.807) is 54.6 Å². The second kappa shape index (κ2) is 14.0. The molecule has 0 saturated carbocycles. The van der Waals surface area contributed by atoms with Crippen molar-refractivity contribution >= 4 is 35.1 Å². The number of nitrogens with two attached hydrogens (primary N) is 1. The molecule has 1 aliphatic carbocycles. The lowest BCUT2D eigenvalue weighted by Gasteiger charge is -2.22. The lowest BCUT2D eigenvalue weighted by atomic mass is 9.88. The van der Waals surface area contributed by atoms with Crippen LogP contribution in [0.2, 0.25) is 0 Å². The van der Waals surface area contributed by atoms with E-state index >= 15 is 0 Å². The third-order valence-corrected chi connectivity index (χ3v) is 7.48. The first-order chi connectivity index (χ1) is 21.1. The van der Waals surface area contributed by atoms with E-state index in [1.807, 2.05) is 13.0 Å². The van der Waals surface area contributed by atoms with E-state index < -0.39 is 60.5 Å². The van der Waals surface area contributed by atoms with Crippen LogP contribution < -0.4 is 16.4 Å². The molecule has 4 rings (SSSR count). The van der Waals surface area contributed by atoms with Crippen LogP contribution in [0.4, 0.5) is 0 Å². The highest BCUT2D eigenvalue weighted by Crippen LogP contribution is 2.40. The lowest BCUT2D eigenvalue weighted by Crippen LogP contribution is -2.54. The zero-order valence-electron chi connectivity index (χ0n) is 24.3. The Morgan fingerprint density at radius 3 is 2.16 bits per heavy atom. The average Bonchev–Trinajstić information content (AvgIpc) is 3.32. The largest absolute Gasteiger partial charge is 0.480 e. The average molecular weight is 600 g/mol. The Balaban J connectivity index is 1.58. The second-order valence-corrected chi connectivity index (χ2v) is 10.4. The quantitative estimate of drug-likeness (QED) is 0.0959. The number of ether oxygens (including phenoxy) is 1. The molecular formula is C33H33N3O8. The summed E-state index contributed by atoms with van der Waals surface area (Å²) in [6, 6.07) is 16.2. The number of hydrogen-bond donors (Lipinski definition) is 4. The molecule has 3 atom stereocenters. The van der Waals surface area contributed by atoms with Gasteiger partial charge in [-0.15, -0.1) is 0 Å². The molecular weight excluding hydrogens is 566 g/mol. The molecule has 11 heteroatoms. The molecule has 3 aromatic rings. The van der Waals surface area contributed by atoms with Crippen molar-refractivity contribution in [3.05, 3.63) is 94.5 Å². The number of fused-ring (bicyclic) bond motifs is 3. The normalized spacial score (nSPS) is 13.7. The molecule has 0 heterocycles. The number of hydrogen-bond acceptors (Lipinski definition) is 8. The number of aryl methyl sites for hydroxylation is 1. The Bertz CT molecular complexity index is 1620. The Morgan fingerprint density at radius 1 is 0.864 bits per heavy atom. The van der Waals surface area contributed by atoms with Crippen molar-refractivity contribution in [1.29, 1.82) is 0 Å². The first kappa shape index (κ1) is 31.9. The van der Waals surface area contributed by atoms with Gasteiger partial charge in [-0.05, 0) is 35.6 Å². The van der Waals surface area contributed by atoms with E-state index in [-0.39, 0.29) is 29.9 Å². The maximum Gasteiger partial charge on any atom is 0.326 e. The summed E-state index contributed by atoms with van der Waals surface area (Å²) < 4.78 is 5.62. The zero-order chi connectivity index (χ0) is 32.0. The first-order valence-electron chi connectivity index (χ1n) is 14.1. The second-order valence-electron chi connectivity index (χ2n) is 10.4. The maximum atomic E-state index is 13.8. The van der Waals surface area contributed by atoms with E-state index in [2.05, 4.69) is 10.6 Å². The van der Waals surface area contributed by atoms with Gasteiger partial charge in [0, 0.05) is 23.2 Å². The molecule has 0 bridgehead atoms. The first-order valence-corrected chi connectivity index (χ1v) is 14.1. The monoisotopic (exact) mass is 599 g/mol. The van der Waals surface area contributed by atoms with Crippen molar-refractivity contribution < 1.29 is 38.6 Å². The highest BCUT2D eigenvalue weighted by molar-refractivity contribution is 6.39. The summed E-state index contributed by atoms with van der Waals surface area (Å²) in [4.78, 5) is 77.9. The van der Waals surface area contributed by atoms with Gasteiger partial charge in [0.05, 0.1) is 13.2 Å². The molecule has 3 aromatic carbocycles. The number of Topliss-reactive ketones (excluding diaryl/α,β-unsaturated/α-hetero) is 2. The smallest absolute Gasteiger partial charge is 0.326 e. The van der Waals surface area contributed by atoms with Crippen LogP contribution in [0.15, 0.2) is 66.7 Å². The Morgan fingerprint density at radius 2 is 1.52 bits per heavy atom. The number of ketones is 3. The van der Waals surface area contributed by atoms with Crippen molar-refractivity contribution in [3.63, 3.8) is 0 Å². The maximum absolute atomic E-state index is 13.8. The van der Waals surface area contributed by atoms with E-state index in [0.717, 1.165) is 11.1 Å². The molecule has 0 aromatic heterocycles. The standard InChI is InChI=1S/C33H33N3O8/c1-3-24(33(42)43)35-32(41)30(39)25(17-44-16-19-9-5-4-6-10-19)36-31(40)23(15-34)28(37)22-14-13-18(2)26-20-11-7-8-12-21(20)29(38)27(22)26/h4-14,23-25H,3,15-17,34H2,1-2H3,(H,35,41)(H,36,40)(H,42,43)/t23-,24?,25?/m1/s1. The van der Waals surface area contributed by atoms with Gasteiger partial charge in [-0.2, -0.15) is 0 Å². The molecule has 0 radical (unpaired) electrons. The van der Waals surface area contributed by atoms with E-state index in [1.165, 1.54) is 13.0 Å². The molecule has 0 fully saturated rings. The number of carbonyl (C=O) groups is 6. The number of carboxylic acid groups (broad SMARTS) is 1. The van der Waals surface area contributed by atoms with Crippen molar-refractivity contribution in [2.75, 3.05) is 13.2 Å². The summed E-state index contributed by atoms with van der Waals surface area (Å²) in [7, 11) is 0. The minimum absolute atomic E-state index is 0.0170. The van der Waals surface area contributed by atoms with Gasteiger partial charge in [0.15, 0.2) is 11.6 Å². The summed E-state index contributed by atoms with van der Waals surface area (Å²) in [6.45, 7) is 2.49. The molecule has 11 nitrogen and oxygen atoms in total. The minimum Gasteiger partial charge on any atom is -0.480 e. The Kier molecular flexibility index (Phi) is 10.1. The van der Waals surface area contributed by atoms with Crippen molar-refractivity contribution in [1.82, 2.24) is 10.6 Å². The molecule has 0 saturated heterocycles. The molecule has 0 aliphatic heterocycles. The zero-order valence-corrected chi connectivity index (χ0v) is 24.3. The van der Waals surface area contributed by atoms with Crippen LogP contribution in [0, 0.1) is 12.8 Å². The van der Waals surface area contributed by atoms with Gasteiger partial charge >= 0.3 is 5.97 Å².